The zero-order valence-corrected chi connectivity index (χ0v) is 7.81. The first-order valence-corrected chi connectivity index (χ1v) is 3.79. The van der Waals surface area contributed by atoms with Gasteiger partial charge in [0, 0.05) is 5.54 Å². The van der Waals surface area contributed by atoms with E-state index < -0.39 is 0 Å². The molecule has 0 atom stereocenters. The normalized spacial score (nSPS) is 10.6. The predicted molar refractivity (Wildman–Crippen MR) is 47.7 cm³/mol. The highest BCUT2D eigenvalue weighted by Crippen LogP contribution is 2.01. The van der Waals surface area contributed by atoms with Crippen molar-refractivity contribution in [3.05, 3.63) is 12.2 Å². The first kappa shape index (κ1) is 10.9. The van der Waals surface area contributed by atoms with Gasteiger partial charge in [0.1, 0.15) is 6.29 Å². The molecule has 68 valence electrons. The third-order valence-corrected chi connectivity index (χ3v) is 1.07. The fourth-order valence-corrected chi connectivity index (χ4v) is 0.710. The number of rotatable bonds is 3. The minimum atomic E-state index is -0.250. The molecule has 3 heteroatoms. The van der Waals surface area contributed by atoms with Gasteiger partial charge in [-0.25, -0.2) is 0 Å². The largest absolute Gasteiger partial charge is 0.351 e. The van der Waals surface area contributed by atoms with Gasteiger partial charge in [-0.2, -0.15) is 0 Å². The Balaban J connectivity index is 3.91. The lowest BCUT2D eigenvalue weighted by atomic mass is 10.1. The molecule has 0 bridgehead atoms. The summed E-state index contributed by atoms with van der Waals surface area (Å²) in [5, 5.41) is 2.73. The Morgan fingerprint density at radius 2 is 2.00 bits per heavy atom. The van der Waals surface area contributed by atoms with Gasteiger partial charge in [0.05, 0.1) is 6.42 Å². The molecule has 0 saturated carbocycles. The van der Waals surface area contributed by atoms with Crippen LogP contribution in [0.15, 0.2) is 12.2 Å². The highest BCUT2D eigenvalue weighted by Gasteiger charge is 2.13. The third-order valence-electron chi connectivity index (χ3n) is 1.07. The lowest BCUT2D eigenvalue weighted by Crippen LogP contribution is -2.40. The van der Waals surface area contributed by atoms with Crippen LogP contribution in [0.1, 0.15) is 27.2 Å². The maximum absolute atomic E-state index is 11.1. The number of hydrogen-bond acceptors (Lipinski definition) is 2. The molecule has 0 aliphatic heterocycles. The minimum absolute atomic E-state index is 0.0841. The van der Waals surface area contributed by atoms with Gasteiger partial charge in [0.15, 0.2) is 0 Å². The van der Waals surface area contributed by atoms with Crippen molar-refractivity contribution in [3.63, 3.8) is 0 Å². The topological polar surface area (TPSA) is 46.2 Å². The smallest absolute Gasteiger partial charge is 0.224 e. The number of carbonyl (C=O) groups is 2. The van der Waals surface area contributed by atoms with Crippen molar-refractivity contribution in [1.82, 2.24) is 5.32 Å². The zero-order valence-electron chi connectivity index (χ0n) is 7.81. The fraction of sp³-hybridized carbons (Fsp3) is 0.556. The molecule has 12 heavy (non-hydrogen) atoms. The Morgan fingerprint density at radius 3 is 2.33 bits per heavy atom. The molecule has 1 amide bonds. The molecule has 3 nitrogen and oxygen atoms in total. The molecule has 0 radical (unpaired) electrons. The second kappa shape index (κ2) is 4.04. The Hall–Kier alpha value is -1.12. The highest BCUT2D eigenvalue weighted by atomic mass is 16.2. The van der Waals surface area contributed by atoms with Crippen molar-refractivity contribution in [1.29, 1.82) is 0 Å². The number of amides is 1. The Labute approximate surface area is 72.8 Å². The Morgan fingerprint density at radius 1 is 1.50 bits per heavy atom. The van der Waals surface area contributed by atoms with E-state index >= 15 is 0 Å². The van der Waals surface area contributed by atoms with Crippen LogP contribution >= 0.6 is 0 Å². The Bertz CT molecular complexity index is 201. The second-order valence-corrected chi connectivity index (χ2v) is 3.75. The number of aldehydes is 1. The standard InChI is InChI=1S/C9H15NO2/c1-7(6-11)5-8(12)10-9(2,3)4/h6H,1,5H2,2-4H3,(H,10,12). The molecule has 0 aromatic carbocycles. The number of hydrogen-bond donors (Lipinski definition) is 1. The van der Waals surface area contributed by atoms with Crippen molar-refractivity contribution in [3.8, 4) is 0 Å². The molecule has 0 aromatic heterocycles. The Kier molecular flexibility index (Phi) is 3.67. The first-order chi connectivity index (χ1) is 5.35. The summed E-state index contributed by atoms with van der Waals surface area (Å²) in [7, 11) is 0. The molecule has 0 unspecified atom stereocenters. The van der Waals surface area contributed by atoms with E-state index in [0.717, 1.165) is 0 Å². The SMILES string of the molecule is C=C(C=O)CC(=O)NC(C)(C)C. The van der Waals surface area contributed by atoms with E-state index in [4.69, 9.17) is 0 Å². The molecular weight excluding hydrogens is 154 g/mol. The molecule has 0 aliphatic rings. The van der Waals surface area contributed by atoms with Crippen LogP contribution in [-0.2, 0) is 9.59 Å². The van der Waals surface area contributed by atoms with E-state index in [1.165, 1.54) is 0 Å². The molecule has 1 N–H and O–H groups in total. The van der Waals surface area contributed by atoms with Crippen LogP contribution in [0.4, 0.5) is 0 Å². The summed E-state index contributed by atoms with van der Waals surface area (Å²) in [6.45, 7) is 9.06. The predicted octanol–water partition coefficient (Wildman–Crippen LogP) is 1.05. The molecule has 0 heterocycles. The van der Waals surface area contributed by atoms with Crippen molar-refractivity contribution in [2.24, 2.45) is 0 Å². The second-order valence-electron chi connectivity index (χ2n) is 3.75. The van der Waals surface area contributed by atoms with Crippen LogP contribution in [0.2, 0.25) is 0 Å². The first-order valence-electron chi connectivity index (χ1n) is 3.79. The lowest BCUT2D eigenvalue weighted by Gasteiger charge is -2.20. The molecular formula is C9H15NO2. The van der Waals surface area contributed by atoms with Gasteiger partial charge >= 0.3 is 0 Å². The van der Waals surface area contributed by atoms with Gasteiger partial charge in [-0.05, 0) is 26.3 Å². The van der Waals surface area contributed by atoms with Gasteiger partial charge in [-0.3, -0.25) is 9.59 Å². The quantitative estimate of drug-likeness (QED) is 0.507. The van der Waals surface area contributed by atoms with Crippen LogP contribution in [0.5, 0.6) is 0 Å². The average molecular weight is 169 g/mol. The molecule has 0 rings (SSSR count). The van der Waals surface area contributed by atoms with Crippen LogP contribution in [0.3, 0.4) is 0 Å². The summed E-state index contributed by atoms with van der Waals surface area (Å²) in [6.07, 6.45) is 0.684. The molecule has 0 saturated heterocycles. The van der Waals surface area contributed by atoms with Gasteiger partial charge in [-0.1, -0.05) is 6.58 Å². The van der Waals surface area contributed by atoms with Crippen LogP contribution in [0, 0.1) is 0 Å². The average Bonchev–Trinajstić information content (AvgIpc) is 1.82. The zero-order chi connectivity index (χ0) is 9.78. The summed E-state index contributed by atoms with van der Waals surface area (Å²) in [5.74, 6) is -0.167. The number of carbonyl (C=O) groups excluding carboxylic acids is 2. The van der Waals surface area contributed by atoms with Crippen LogP contribution in [0.25, 0.3) is 0 Å². The summed E-state index contributed by atoms with van der Waals surface area (Å²) in [6, 6.07) is 0. The molecule has 0 fully saturated rings. The van der Waals surface area contributed by atoms with Crippen molar-refractivity contribution >= 4 is 12.2 Å². The van der Waals surface area contributed by atoms with E-state index in [1.54, 1.807) is 0 Å². The van der Waals surface area contributed by atoms with Crippen molar-refractivity contribution in [2.45, 2.75) is 32.7 Å². The van der Waals surface area contributed by atoms with Gasteiger partial charge in [0.25, 0.3) is 0 Å². The third kappa shape index (κ3) is 5.65. The van der Waals surface area contributed by atoms with Crippen molar-refractivity contribution in [2.75, 3.05) is 0 Å². The van der Waals surface area contributed by atoms with E-state index in [1.807, 2.05) is 20.8 Å². The minimum Gasteiger partial charge on any atom is -0.351 e. The molecule has 0 aliphatic carbocycles. The van der Waals surface area contributed by atoms with Gasteiger partial charge in [0.2, 0.25) is 5.91 Å². The number of nitrogens with one attached hydrogen (secondary N) is 1. The van der Waals surface area contributed by atoms with Crippen LogP contribution in [-0.4, -0.2) is 17.7 Å². The summed E-state index contributed by atoms with van der Waals surface area (Å²) >= 11 is 0. The highest BCUT2D eigenvalue weighted by molar-refractivity contribution is 5.87. The van der Waals surface area contributed by atoms with E-state index in [9.17, 15) is 9.59 Å². The van der Waals surface area contributed by atoms with Crippen molar-refractivity contribution < 1.29 is 9.59 Å². The van der Waals surface area contributed by atoms with Gasteiger partial charge in [-0.15, -0.1) is 0 Å². The summed E-state index contributed by atoms with van der Waals surface area (Å²) < 4.78 is 0. The monoisotopic (exact) mass is 169 g/mol. The molecule has 0 aromatic rings. The maximum atomic E-state index is 11.1. The lowest BCUT2D eigenvalue weighted by molar-refractivity contribution is -0.122. The summed E-state index contributed by atoms with van der Waals surface area (Å²) in [4.78, 5) is 21.2. The fourth-order valence-electron chi connectivity index (χ4n) is 0.710. The van der Waals surface area contributed by atoms with E-state index in [0.29, 0.717) is 11.9 Å². The summed E-state index contributed by atoms with van der Waals surface area (Å²) in [5.41, 5.74) is 0.0528. The van der Waals surface area contributed by atoms with Gasteiger partial charge < -0.3 is 5.32 Å². The molecule has 0 spiro atoms. The van der Waals surface area contributed by atoms with Crippen LogP contribution < -0.4 is 5.32 Å². The van der Waals surface area contributed by atoms with E-state index in [-0.39, 0.29) is 17.9 Å². The van der Waals surface area contributed by atoms with E-state index in [2.05, 4.69) is 11.9 Å². The maximum Gasteiger partial charge on any atom is 0.224 e.